The lowest BCUT2D eigenvalue weighted by Crippen LogP contribution is -2.21. The summed E-state index contributed by atoms with van der Waals surface area (Å²) in [4.78, 5) is 0.392. The number of hydrogen-bond acceptors (Lipinski definition) is 3. The predicted octanol–water partition coefficient (Wildman–Crippen LogP) is 3.80. The molecule has 2 atom stereocenters. The summed E-state index contributed by atoms with van der Waals surface area (Å²) in [5.74, 6) is 0.589. The van der Waals surface area contributed by atoms with Crippen LogP contribution < -0.4 is 5.32 Å². The molecule has 0 heterocycles. The highest BCUT2D eigenvalue weighted by Crippen LogP contribution is 2.60. The van der Waals surface area contributed by atoms with Crippen LogP contribution in [0.25, 0.3) is 0 Å². The third-order valence-corrected chi connectivity index (χ3v) is 6.84. The molecule has 126 valence electrons. The van der Waals surface area contributed by atoms with Crippen LogP contribution >= 0.6 is 0 Å². The first-order valence-electron chi connectivity index (χ1n) is 8.62. The van der Waals surface area contributed by atoms with Crippen LogP contribution in [0.1, 0.15) is 30.4 Å². The predicted molar refractivity (Wildman–Crippen MR) is 97.2 cm³/mol. The summed E-state index contributed by atoms with van der Waals surface area (Å²) in [6, 6.07) is 16.0. The maximum absolute atomic E-state index is 11.9. The van der Waals surface area contributed by atoms with Crippen molar-refractivity contribution in [3.8, 4) is 0 Å². The van der Waals surface area contributed by atoms with Gasteiger partial charge in [0.05, 0.1) is 10.6 Å². The number of rotatable bonds is 4. The highest BCUT2D eigenvalue weighted by molar-refractivity contribution is 7.90. The second-order valence-corrected chi connectivity index (χ2v) is 9.20. The minimum atomic E-state index is -3.21. The SMILES string of the molecule is CS(=O)(=O)c1ccccc1NCC1CC12CCCc1ccccc12. The summed E-state index contributed by atoms with van der Waals surface area (Å²) in [6.07, 6.45) is 6.17. The molecule has 1 spiro atoms. The number of aryl methyl sites for hydroxylation is 1. The average molecular weight is 341 g/mol. The number of hydrogen-bond donors (Lipinski definition) is 1. The smallest absolute Gasteiger partial charge is 0.177 e. The van der Waals surface area contributed by atoms with Gasteiger partial charge < -0.3 is 5.32 Å². The number of para-hydroxylation sites is 1. The lowest BCUT2D eigenvalue weighted by molar-refractivity contribution is 0.503. The van der Waals surface area contributed by atoms with Crippen molar-refractivity contribution in [2.45, 2.75) is 36.0 Å². The van der Waals surface area contributed by atoms with E-state index in [2.05, 4.69) is 29.6 Å². The minimum absolute atomic E-state index is 0.321. The monoisotopic (exact) mass is 341 g/mol. The molecular weight excluding hydrogens is 318 g/mol. The van der Waals surface area contributed by atoms with Crippen molar-refractivity contribution in [1.82, 2.24) is 0 Å². The summed E-state index contributed by atoms with van der Waals surface area (Å²) in [5.41, 5.74) is 4.08. The molecule has 2 aliphatic carbocycles. The number of nitrogens with one attached hydrogen (secondary N) is 1. The zero-order valence-corrected chi connectivity index (χ0v) is 14.8. The van der Waals surface area contributed by atoms with Gasteiger partial charge >= 0.3 is 0 Å². The minimum Gasteiger partial charge on any atom is -0.384 e. The van der Waals surface area contributed by atoms with E-state index < -0.39 is 9.84 Å². The summed E-state index contributed by atoms with van der Waals surface area (Å²) in [7, 11) is -3.21. The molecule has 4 heteroatoms. The van der Waals surface area contributed by atoms with Crippen molar-refractivity contribution >= 4 is 15.5 Å². The number of fused-ring (bicyclic) bond motifs is 2. The van der Waals surface area contributed by atoms with Crippen LogP contribution in [-0.2, 0) is 21.7 Å². The zero-order valence-electron chi connectivity index (χ0n) is 14.0. The Kier molecular flexibility index (Phi) is 3.68. The van der Waals surface area contributed by atoms with Gasteiger partial charge in [-0.05, 0) is 54.9 Å². The van der Waals surface area contributed by atoms with Crippen LogP contribution in [0.2, 0.25) is 0 Å². The van der Waals surface area contributed by atoms with Crippen molar-refractivity contribution in [1.29, 1.82) is 0 Å². The van der Waals surface area contributed by atoms with Gasteiger partial charge in [-0.25, -0.2) is 8.42 Å². The Morgan fingerprint density at radius 1 is 1.12 bits per heavy atom. The molecule has 0 bridgehead atoms. The standard InChI is InChI=1S/C20H23NO2S/c1-24(22,23)19-11-5-4-10-18(19)21-14-16-13-20(16)12-6-8-15-7-2-3-9-17(15)20/h2-5,7,9-11,16,21H,6,8,12-14H2,1H3. The van der Waals surface area contributed by atoms with Crippen molar-refractivity contribution < 1.29 is 8.42 Å². The maximum atomic E-state index is 11.9. The molecule has 3 nitrogen and oxygen atoms in total. The molecular formula is C20H23NO2S. The molecule has 24 heavy (non-hydrogen) atoms. The topological polar surface area (TPSA) is 46.2 Å². The largest absolute Gasteiger partial charge is 0.384 e. The lowest BCUT2D eigenvalue weighted by Gasteiger charge is -2.27. The molecule has 2 aromatic rings. The van der Waals surface area contributed by atoms with Gasteiger partial charge in [0.25, 0.3) is 0 Å². The van der Waals surface area contributed by atoms with Gasteiger partial charge in [0.2, 0.25) is 0 Å². The third-order valence-electron chi connectivity index (χ3n) is 5.68. The molecule has 1 saturated carbocycles. The van der Waals surface area contributed by atoms with E-state index >= 15 is 0 Å². The lowest BCUT2D eigenvalue weighted by atomic mass is 9.78. The van der Waals surface area contributed by atoms with Crippen LogP contribution in [0.3, 0.4) is 0 Å². The molecule has 1 N–H and O–H groups in total. The van der Waals surface area contributed by atoms with E-state index in [9.17, 15) is 8.42 Å². The maximum Gasteiger partial charge on any atom is 0.177 e. The molecule has 2 unspecified atom stereocenters. The van der Waals surface area contributed by atoms with E-state index in [0.29, 0.717) is 16.2 Å². The van der Waals surface area contributed by atoms with Crippen LogP contribution in [0, 0.1) is 5.92 Å². The number of sulfone groups is 1. The van der Waals surface area contributed by atoms with Crippen molar-refractivity contribution in [2.24, 2.45) is 5.92 Å². The first-order valence-corrected chi connectivity index (χ1v) is 10.5. The Balaban J connectivity index is 1.53. The van der Waals surface area contributed by atoms with Crippen molar-refractivity contribution in [3.05, 3.63) is 59.7 Å². The molecule has 2 aliphatic rings. The Morgan fingerprint density at radius 3 is 2.71 bits per heavy atom. The van der Waals surface area contributed by atoms with Gasteiger partial charge in [-0.2, -0.15) is 0 Å². The Hall–Kier alpha value is -1.81. The molecule has 0 radical (unpaired) electrons. The summed E-state index contributed by atoms with van der Waals surface area (Å²) < 4.78 is 23.9. The van der Waals surface area contributed by atoms with Crippen LogP contribution in [0.5, 0.6) is 0 Å². The van der Waals surface area contributed by atoms with E-state index in [1.165, 1.54) is 43.1 Å². The van der Waals surface area contributed by atoms with E-state index in [0.717, 1.165) is 12.2 Å². The van der Waals surface area contributed by atoms with Crippen LogP contribution in [0.15, 0.2) is 53.4 Å². The van der Waals surface area contributed by atoms with Gasteiger partial charge in [0.15, 0.2) is 9.84 Å². The second kappa shape index (κ2) is 5.62. The van der Waals surface area contributed by atoms with E-state index in [4.69, 9.17) is 0 Å². The summed E-state index contributed by atoms with van der Waals surface area (Å²) >= 11 is 0. The normalized spacial score (nSPS) is 25.3. The van der Waals surface area contributed by atoms with E-state index in [1.807, 2.05) is 12.1 Å². The first-order chi connectivity index (χ1) is 11.5. The molecule has 0 saturated heterocycles. The second-order valence-electron chi connectivity index (χ2n) is 7.22. The third kappa shape index (κ3) is 2.63. The molecule has 0 amide bonds. The Bertz CT molecular complexity index is 875. The summed E-state index contributed by atoms with van der Waals surface area (Å²) in [5, 5.41) is 3.40. The van der Waals surface area contributed by atoms with Crippen molar-refractivity contribution in [2.75, 3.05) is 18.1 Å². The summed E-state index contributed by atoms with van der Waals surface area (Å²) in [6.45, 7) is 0.834. The fourth-order valence-electron chi connectivity index (χ4n) is 4.41. The van der Waals surface area contributed by atoms with Gasteiger partial charge in [-0.15, -0.1) is 0 Å². The molecule has 0 aliphatic heterocycles. The number of benzene rings is 2. The Labute approximate surface area is 144 Å². The highest BCUT2D eigenvalue weighted by atomic mass is 32.2. The van der Waals surface area contributed by atoms with Crippen LogP contribution in [-0.4, -0.2) is 21.2 Å². The quantitative estimate of drug-likeness (QED) is 0.920. The first kappa shape index (κ1) is 15.7. The fourth-order valence-corrected chi connectivity index (χ4v) is 5.27. The zero-order chi connectivity index (χ0) is 16.8. The van der Waals surface area contributed by atoms with Gasteiger partial charge in [0, 0.05) is 18.2 Å². The van der Waals surface area contributed by atoms with Crippen molar-refractivity contribution in [3.63, 3.8) is 0 Å². The Morgan fingerprint density at radius 2 is 1.88 bits per heavy atom. The molecule has 1 fully saturated rings. The van der Waals surface area contributed by atoms with Gasteiger partial charge in [0.1, 0.15) is 0 Å². The number of anilines is 1. The van der Waals surface area contributed by atoms with E-state index in [1.54, 1.807) is 12.1 Å². The highest BCUT2D eigenvalue weighted by Gasteiger charge is 2.55. The van der Waals surface area contributed by atoms with E-state index in [-0.39, 0.29) is 0 Å². The average Bonchev–Trinajstić information content (AvgIpc) is 3.26. The molecule has 2 aromatic carbocycles. The van der Waals surface area contributed by atoms with Gasteiger partial charge in [-0.3, -0.25) is 0 Å². The van der Waals surface area contributed by atoms with Gasteiger partial charge in [-0.1, -0.05) is 36.4 Å². The molecule has 0 aromatic heterocycles. The fraction of sp³-hybridized carbons (Fsp3) is 0.400. The molecule has 4 rings (SSSR count). The van der Waals surface area contributed by atoms with Crippen LogP contribution in [0.4, 0.5) is 5.69 Å².